The number of nitrogens with one attached hydrogen (secondary N) is 1. The van der Waals surface area contributed by atoms with E-state index in [9.17, 15) is 9.59 Å². The van der Waals surface area contributed by atoms with E-state index in [2.05, 4.69) is 5.32 Å². The molecule has 20 heavy (non-hydrogen) atoms. The predicted molar refractivity (Wildman–Crippen MR) is 74.0 cm³/mol. The second-order valence-corrected chi connectivity index (χ2v) is 5.00. The van der Waals surface area contributed by atoms with Gasteiger partial charge >= 0.3 is 5.97 Å². The lowest BCUT2D eigenvalue weighted by Crippen LogP contribution is -2.35. The lowest BCUT2D eigenvalue weighted by molar-refractivity contribution is -0.127. The molecule has 2 N–H and O–H groups in total. The molecule has 0 unspecified atom stereocenters. The number of ether oxygens (including phenoxy) is 1. The number of hydrogen-bond acceptors (Lipinski definition) is 3. The first kappa shape index (κ1) is 14.4. The zero-order valence-electron chi connectivity index (χ0n) is 11.5. The number of amides is 1. The van der Waals surface area contributed by atoms with Gasteiger partial charge in [0.15, 0.2) is 0 Å². The van der Waals surface area contributed by atoms with E-state index in [-0.39, 0.29) is 17.4 Å². The largest absolute Gasteiger partial charge is 0.496 e. The number of carbonyl (C=O) groups is 2. The summed E-state index contributed by atoms with van der Waals surface area (Å²) in [5.74, 6) is -0.125. The molecular formula is C15H19NO4. The van der Waals surface area contributed by atoms with Gasteiger partial charge in [0.2, 0.25) is 5.91 Å². The number of carbonyl (C=O) groups excluding carboxylic acids is 1. The van der Waals surface area contributed by atoms with Gasteiger partial charge in [0.25, 0.3) is 0 Å². The lowest BCUT2D eigenvalue weighted by Gasteiger charge is -2.24. The molecule has 0 heterocycles. The van der Waals surface area contributed by atoms with Crippen molar-refractivity contribution in [3.8, 4) is 5.75 Å². The van der Waals surface area contributed by atoms with Crippen molar-refractivity contribution in [1.29, 1.82) is 0 Å². The Morgan fingerprint density at radius 1 is 1.40 bits per heavy atom. The summed E-state index contributed by atoms with van der Waals surface area (Å²) < 4.78 is 5.20. The minimum Gasteiger partial charge on any atom is -0.496 e. The van der Waals surface area contributed by atoms with Crippen molar-refractivity contribution < 1.29 is 19.4 Å². The highest BCUT2D eigenvalue weighted by Gasteiger charge is 2.24. The Bertz CT molecular complexity index is 509. The summed E-state index contributed by atoms with van der Waals surface area (Å²) in [5, 5.41) is 11.8. The van der Waals surface area contributed by atoms with Crippen LogP contribution in [0.2, 0.25) is 0 Å². The SMILES string of the molecule is COc1cc(C(=O)O)ccc1CCNC(=O)C1CCC1. The molecule has 0 saturated heterocycles. The van der Waals surface area contributed by atoms with Gasteiger partial charge in [-0.3, -0.25) is 4.79 Å². The number of methoxy groups -OCH3 is 1. The smallest absolute Gasteiger partial charge is 0.335 e. The summed E-state index contributed by atoms with van der Waals surface area (Å²) in [4.78, 5) is 22.6. The fraction of sp³-hybridized carbons (Fsp3) is 0.467. The van der Waals surface area contributed by atoms with E-state index in [1.54, 1.807) is 12.1 Å². The maximum absolute atomic E-state index is 11.7. The third kappa shape index (κ3) is 3.29. The normalized spacial score (nSPS) is 14.4. The number of carboxylic acids is 1. The molecule has 1 amide bonds. The number of carboxylic acid groups (broad SMARTS) is 1. The van der Waals surface area contributed by atoms with E-state index in [0.717, 1.165) is 24.8 Å². The maximum Gasteiger partial charge on any atom is 0.335 e. The predicted octanol–water partition coefficient (Wildman–Crippen LogP) is 1.85. The van der Waals surface area contributed by atoms with Gasteiger partial charge in [-0.05, 0) is 37.0 Å². The van der Waals surface area contributed by atoms with E-state index in [1.807, 2.05) is 0 Å². The second-order valence-electron chi connectivity index (χ2n) is 5.00. The van der Waals surface area contributed by atoms with Crippen LogP contribution in [0.4, 0.5) is 0 Å². The van der Waals surface area contributed by atoms with Crippen molar-refractivity contribution in [3.63, 3.8) is 0 Å². The molecule has 1 aromatic carbocycles. The molecule has 0 radical (unpaired) electrons. The Balaban J connectivity index is 1.91. The van der Waals surface area contributed by atoms with Crippen LogP contribution in [0.5, 0.6) is 5.75 Å². The van der Waals surface area contributed by atoms with E-state index in [1.165, 1.54) is 13.2 Å². The Morgan fingerprint density at radius 3 is 2.70 bits per heavy atom. The Morgan fingerprint density at radius 2 is 2.15 bits per heavy atom. The van der Waals surface area contributed by atoms with Crippen LogP contribution in [0.3, 0.4) is 0 Å². The van der Waals surface area contributed by atoms with Crippen LogP contribution >= 0.6 is 0 Å². The maximum atomic E-state index is 11.7. The fourth-order valence-corrected chi connectivity index (χ4v) is 2.22. The Labute approximate surface area is 117 Å². The third-order valence-electron chi connectivity index (χ3n) is 3.70. The summed E-state index contributed by atoms with van der Waals surface area (Å²) >= 11 is 0. The zero-order valence-corrected chi connectivity index (χ0v) is 11.5. The molecule has 2 rings (SSSR count). The Hall–Kier alpha value is -2.04. The number of hydrogen-bond donors (Lipinski definition) is 2. The highest BCUT2D eigenvalue weighted by atomic mass is 16.5. The molecule has 5 heteroatoms. The van der Waals surface area contributed by atoms with Crippen molar-refractivity contribution >= 4 is 11.9 Å². The standard InChI is InChI=1S/C15H19NO4/c1-20-13-9-12(15(18)19)6-5-10(13)7-8-16-14(17)11-3-2-4-11/h5-6,9,11H,2-4,7-8H2,1H3,(H,16,17)(H,18,19). The van der Waals surface area contributed by atoms with Gasteiger partial charge in [0.05, 0.1) is 12.7 Å². The molecule has 0 spiro atoms. The number of aromatic carboxylic acids is 1. The summed E-state index contributed by atoms with van der Waals surface area (Å²) in [6.07, 6.45) is 3.75. The van der Waals surface area contributed by atoms with Crippen LogP contribution < -0.4 is 10.1 Å². The van der Waals surface area contributed by atoms with Crippen LogP contribution in [0.1, 0.15) is 35.2 Å². The first-order valence-corrected chi connectivity index (χ1v) is 6.79. The molecule has 0 aliphatic heterocycles. The van der Waals surface area contributed by atoms with Crippen LogP contribution in [-0.2, 0) is 11.2 Å². The molecule has 1 fully saturated rings. The minimum atomic E-state index is -0.979. The summed E-state index contributed by atoms with van der Waals surface area (Å²) in [6.45, 7) is 0.540. The van der Waals surface area contributed by atoms with Gasteiger partial charge in [-0.1, -0.05) is 12.5 Å². The molecule has 1 aromatic rings. The Kier molecular flexibility index (Phi) is 4.61. The van der Waals surface area contributed by atoms with Crippen LogP contribution in [0.25, 0.3) is 0 Å². The average Bonchev–Trinajstić information content (AvgIpc) is 2.36. The molecule has 1 aliphatic carbocycles. The first-order chi connectivity index (χ1) is 9.61. The molecule has 0 bridgehead atoms. The molecule has 0 atom stereocenters. The summed E-state index contributed by atoms with van der Waals surface area (Å²) in [7, 11) is 1.51. The molecule has 1 aliphatic rings. The van der Waals surface area contributed by atoms with Gasteiger partial charge in [-0.25, -0.2) is 4.79 Å². The third-order valence-corrected chi connectivity index (χ3v) is 3.70. The molecule has 0 aromatic heterocycles. The average molecular weight is 277 g/mol. The molecular weight excluding hydrogens is 258 g/mol. The van der Waals surface area contributed by atoms with Crippen molar-refractivity contribution in [2.24, 2.45) is 5.92 Å². The van der Waals surface area contributed by atoms with Gasteiger partial charge in [-0.2, -0.15) is 0 Å². The topological polar surface area (TPSA) is 75.6 Å². The van der Waals surface area contributed by atoms with E-state index in [0.29, 0.717) is 18.7 Å². The van der Waals surface area contributed by atoms with Crippen molar-refractivity contribution in [2.45, 2.75) is 25.7 Å². The van der Waals surface area contributed by atoms with Crippen molar-refractivity contribution in [2.75, 3.05) is 13.7 Å². The molecule has 5 nitrogen and oxygen atoms in total. The molecule has 1 saturated carbocycles. The number of rotatable bonds is 6. The van der Waals surface area contributed by atoms with E-state index in [4.69, 9.17) is 9.84 Å². The van der Waals surface area contributed by atoms with Crippen molar-refractivity contribution in [1.82, 2.24) is 5.32 Å². The lowest BCUT2D eigenvalue weighted by atomic mass is 9.85. The highest BCUT2D eigenvalue weighted by molar-refractivity contribution is 5.88. The quantitative estimate of drug-likeness (QED) is 0.832. The van der Waals surface area contributed by atoms with Gasteiger partial charge < -0.3 is 15.2 Å². The monoisotopic (exact) mass is 277 g/mol. The summed E-state index contributed by atoms with van der Waals surface area (Å²) in [5.41, 5.74) is 1.09. The first-order valence-electron chi connectivity index (χ1n) is 6.79. The van der Waals surface area contributed by atoms with Crippen molar-refractivity contribution in [3.05, 3.63) is 29.3 Å². The van der Waals surface area contributed by atoms with E-state index < -0.39 is 5.97 Å². The van der Waals surface area contributed by atoms with Gasteiger partial charge in [0, 0.05) is 12.5 Å². The van der Waals surface area contributed by atoms with Gasteiger partial charge in [0.1, 0.15) is 5.75 Å². The van der Waals surface area contributed by atoms with Crippen LogP contribution in [0.15, 0.2) is 18.2 Å². The zero-order chi connectivity index (χ0) is 14.5. The number of benzene rings is 1. The minimum absolute atomic E-state index is 0.123. The highest BCUT2D eigenvalue weighted by Crippen LogP contribution is 2.26. The van der Waals surface area contributed by atoms with Crippen LogP contribution in [-0.4, -0.2) is 30.6 Å². The fourth-order valence-electron chi connectivity index (χ4n) is 2.22. The second kappa shape index (κ2) is 6.41. The van der Waals surface area contributed by atoms with Crippen LogP contribution in [0, 0.1) is 5.92 Å². The van der Waals surface area contributed by atoms with E-state index >= 15 is 0 Å². The summed E-state index contributed by atoms with van der Waals surface area (Å²) in [6, 6.07) is 4.79. The molecule has 108 valence electrons. The van der Waals surface area contributed by atoms with Gasteiger partial charge in [-0.15, -0.1) is 0 Å².